The molecule has 0 atom stereocenters. The van der Waals surface area contributed by atoms with E-state index in [-0.39, 0.29) is 10.8 Å². The predicted molar refractivity (Wildman–Crippen MR) is 103 cm³/mol. The first-order chi connectivity index (χ1) is 9.06. The highest BCUT2D eigenvalue weighted by atomic mass is 28.4. The molecule has 1 aliphatic carbocycles. The molecule has 0 aliphatic heterocycles. The number of hydrogen-bond donors (Lipinski definition) is 1. The normalized spacial score (nSPS) is 18.3. The lowest BCUT2D eigenvalue weighted by molar-refractivity contribution is 0.490. The molecule has 0 saturated carbocycles. The lowest BCUT2D eigenvalue weighted by atomic mass is 9.83. The van der Waals surface area contributed by atoms with Gasteiger partial charge in [0.1, 0.15) is 16.5 Å². The summed E-state index contributed by atoms with van der Waals surface area (Å²) >= 11 is 0. The van der Waals surface area contributed by atoms with E-state index in [2.05, 4.69) is 85.0 Å². The first-order valence-corrected chi connectivity index (χ1v) is 14.8. The van der Waals surface area contributed by atoms with Crippen LogP contribution in [0.2, 0.25) is 32.7 Å². The highest BCUT2D eigenvalue weighted by molar-refractivity contribution is 6.94. The maximum absolute atomic E-state index is 4.12. The summed E-state index contributed by atoms with van der Waals surface area (Å²) in [5.74, 6) is 0. The van der Waals surface area contributed by atoms with Crippen molar-refractivity contribution in [2.24, 2.45) is 10.8 Å². The molecule has 0 radical (unpaired) electrons. The largest absolute Gasteiger partial charge is 0.356 e. The Bertz CT molecular complexity index is 463. The van der Waals surface area contributed by atoms with Crippen molar-refractivity contribution in [2.45, 2.75) is 80.7 Å². The van der Waals surface area contributed by atoms with E-state index < -0.39 is 16.5 Å². The third-order valence-electron chi connectivity index (χ3n) is 4.11. The molecule has 0 unspecified atom stereocenters. The van der Waals surface area contributed by atoms with Gasteiger partial charge in [0.05, 0.1) is 0 Å². The van der Waals surface area contributed by atoms with E-state index in [9.17, 15) is 0 Å². The molecular weight excluding hydrogens is 286 g/mol. The number of rotatable bonds is 3. The standard InChI is InChI=1S/C18H37NSi2/c1-17(2,3)14-12-13-15(18(4,5)6)16(14)21(10,11)19-20(7,8)9/h12,19H,13H2,1-11H3. The molecule has 0 aromatic rings. The molecule has 0 heterocycles. The van der Waals surface area contributed by atoms with Gasteiger partial charge in [-0.25, -0.2) is 0 Å². The van der Waals surface area contributed by atoms with E-state index in [0.29, 0.717) is 0 Å². The Morgan fingerprint density at radius 1 is 0.857 bits per heavy atom. The Morgan fingerprint density at radius 2 is 1.33 bits per heavy atom. The molecule has 1 nitrogen and oxygen atoms in total. The molecule has 1 N–H and O–H groups in total. The predicted octanol–water partition coefficient (Wildman–Crippen LogP) is 5.87. The van der Waals surface area contributed by atoms with Gasteiger partial charge in [0.2, 0.25) is 0 Å². The fourth-order valence-electron chi connectivity index (χ4n) is 3.65. The summed E-state index contributed by atoms with van der Waals surface area (Å²) in [5.41, 5.74) is 3.79. The molecule has 21 heavy (non-hydrogen) atoms. The summed E-state index contributed by atoms with van der Waals surface area (Å²) in [7, 11) is -2.92. The van der Waals surface area contributed by atoms with Gasteiger partial charge in [0, 0.05) is 0 Å². The Morgan fingerprint density at radius 3 is 1.67 bits per heavy atom. The minimum atomic E-state index is -1.63. The van der Waals surface area contributed by atoms with Crippen molar-refractivity contribution in [2.75, 3.05) is 0 Å². The molecule has 0 bridgehead atoms. The zero-order chi connectivity index (χ0) is 16.9. The van der Waals surface area contributed by atoms with Crippen LogP contribution in [0.1, 0.15) is 48.0 Å². The molecule has 0 amide bonds. The summed E-state index contributed by atoms with van der Waals surface area (Å²) in [5, 5.41) is 1.71. The molecule has 0 aromatic carbocycles. The van der Waals surface area contributed by atoms with Crippen molar-refractivity contribution in [3.05, 3.63) is 22.4 Å². The van der Waals surface area contributed by atoms with Gasteiger partial charge in [-0.3, -0.25) is 0 Å². The maximum Gasteiger partial charge on any atom is 0.145 e. The second-order valence-electron chi connectivity index (χ2n) is 10.2. The third-order valence-corrected chi connectivity index (χ3v) is 11.4. The molecule has 0 saturated heterocycles. The van der Waals surface area contributed by atoms with E-state index >= 15 is 0 Å². The summed E-state index contributed by atoms with van der Waals surface area (Å²) < 4.78 is 4.12. The van der Waals surface area contributed by atoms with Crippen LogP contribution in [-0.2, 0) is 0 Å². The van der Waals surface area contributed by atoms with Crippen molar-refractivity contribution in [1.82, 2.24) is 4.65 Å². The van der Waals surface area contributed by atoms with Crippen molar-refractivity contribution in [3.8, 4) is 0 Å². The van der Waals surface area contributed by atoms with Gasteiger partial charge in [-0.15, -0.1) is 0 Å². The van der Waals surface area contributed by atoms with Crippen LogP contribution in [0, 0.1) is 10.8 Å². The fraction of sp³-hybridized carbons (Fsp3) is 0.778. The fourth-order valence-corrected chi connectivity index (χ4v) is 14.0. The average Bonchev–Trinajstić information content (AvgIpc) is 2.55. The van der Waals surface area contributed by atoms with Crippen LogP contribution in [0.25, 0.3) is 0 Å². The monoisotopic (exact) mass is 323 g/mol. The molecule has 0 fully saturated rings. The van der Waals surface area contributed by atoms with Gasteiger partial charge in [0.15, 0.2) is 0 Å². The maximum atomic E-state index is 4.12. The molecule has 3 heteroatoms. The zero-order valence-electron chi connectivity index (χ0n) is 16.3. The van der Waals surface area contributed by atoms with Crippen LogP contribution in [0.15, 0.2) is 22.4 Å². The Labute approximate surface area is 135 Å². The van der Waals surface area contributed by atoms with Crippen LogP contribution in [-0.4, -0.2) is 16.5 Å². The van der Waals surface area contributed by atoms with Crippen molar-refractivity contribution in [3.63, 3.8) is 0 Å². The quantitative estimate of drug-likeness (QED) is 0.640. The Kier molecular flexibility index (Phi) is 4.96. The third kappa shape index (κ3) is 4.67. The van der Waals surface area contributed by atoms with Gasteiger partial charge >= 0.3 is 0 Å². The van der Waals surface area contributed by atoms with E-state index in [4.69, 9.17) is 0 Å². The first kappa shape index (κ1) is 18.9. The minimum absolute atomic E-state index is 0.244. The number of hydrogen-bond acceptors (Lipinski definition) is 1. The molecular formula is C18H37NSi2. The summed E-state index contributed by atoms with van der Waals surface area (Å²) in [4.78, 5) is 0. The van der Waals surface area contributed by atoms with E-state index in [1.54, 1.807) is 16.3 Å². The Hall–Kier alpha value is -0.126. The lowest BCUT2D eigenvalue weighted by Gasteiger charge is -2.40. The second-order valence-corrected chi connectivity index (χ2v) is 19.4. The smallest absolute Gasteiger partial charge is 0.145 e. The highest BCUT2D eigenvalue weighted by Gasteiger charge is 2.41. The van der Waals surface area contributed by atoms with Gasteiger partial charge < -0.3 is 4.65 Å². The van der Waals surface area contributed by atoms with Gasteiger partial charge in [-0.1, -0.05) is 85.9 Å². The van der Waals surface area contributed by atoms with Crippen LogP contribution < -0.4 is 4.65 Å². The van der Waals surface area contributed by atoms with Crippen molar-refractivity contribution in [1.29, 1.82) is 0 Å². The topological polar surface area (TPSA) is 12.0 Å². The molecule has 1 aliphatic rings. The number of allylic oxidation sites excluding steroid dienone is 4. The van der Waals surface area contributed by atoms with Gasteiger partial charge in [0.25, 0.3) is 0 Å². The van der Waals surface area contributed by atoms with E-state index in [0.717, 1.165) is 6.42 Å². The molecule has 0 spiro atoms. The highest BCUT2D eigenvalue weighted by Crippen LogP contribution is 2.47. The summed E-state index contributed by atoms with van der Waals surface area (Å²) in [6.45, 7) is 26.5. The molecule has 122 valence electrons. The van der Waals surface area contributed by atoms with Crippen molar-refractivity contribution < 1.29 is 0 Å². The van der Waals surface area contributed by atoms with Crippen LogP contribution in [0.5, 0.6) is 0 Å². The Balaban J connectivity index is 3.43. The van der Waals surface area contributed by atoms with Crippen molar-refractivity contribution >= 4 is 16.5 Å². The lowest BCUT2D eigenvalue weighted by Crippen LogP contribution is -2.59. The summed E-state index contributed by atoms with van der Waals surface area (Å²) in [6.07, 6.45) is 3.66. The SMILES string of the molecule is CC(C)(C)C1=CCC(C(C)(C)C)=C1[Si](C)(C)N[Si](C)(C)C. The number of nitrogens with one attached hydrogen (secondary N) is 1. The molecule has 1 rings (SSSR count). The minimum Gasteiger partial charge on any atom is -0.356 e. The van der Waals surface area contributed by atoms with E-state index in [1.165, 1.54) is 0 Å². The molecule has 0 aromatic heterocycles. The van der Waals surface area contributed by atoms with Gasteiger partial charge in [-0.2, -0.15) is 0 Å². The van der Waals surface area contributed by atoms with Crippen LogP contribution in [0.4, 0.5) is 0 Å². The van der Waals surface area contributed by atoms with Crippen LogP contribution in [0.3, 0.4) is 0 Å². The van der Waals surface area contributed by atoms with E-state index in [1.807, 2.05) is 0 Å². The second kappa shape index (κ2) is 5.50. The summed E-state index contributed by atoms with van der Waals surface area (Å²) in [6, 6.07) is 0. The van der Waals surface area contributed by atoms with Gasteiger partial charge in [-0.05, 0) is 28.0 Å². The van der Waals surface area contributed by atoms with Crippen LogP contribution >= 0.6 is 0 Å². The average molecular weight is 324 g/mol. The first-order valence-electron chi connectivity index (χ1n) is 8.30. The zero-order valence-corrected chi connectivity index (χ0v) is 18.3.